The van der Waals surface area contributed by atoms with Crippen molar-refractivity contribution in [3.8, 4) is 5.75 Å². The number of carbonyl (C=O) groups is 1. The van der Waals surface area contributed by atoms with Crippen LogP contribution < -0.4 is 10.4 Å². The SMILES string of the molecule is COc1ccc(C(=O)OCc2cc(=O)oc3cc(C)c(Cl)cc23)cc1[N+](=O)[O-]. The number of esters is 1. The van der Waals surface area contributed by atoms with Gasteiger partial charge in [-0.3, -0.25) is 10.1 Å². The number of aryl methyl sites for hydroxylation is 1. The number of fused-ring (bicyclic) bond motifs is 1. The maximum atomic E-state index is 12.3. The maximum Gasteiger partial charge on any atom is 0.338 e. The summed E-state index contributed by atoms with van der Waals surface area (Å²) in [4.78, 5) is 34.5. The highest BCUT2D eigenvalue weighted by molar-refractivity contribution is 6.32. The van der Waals surface area contributed by atoms with Gasteiger partial charge in [-0.25, -0.2) is 9.59 Å². The second-order valence-corrected chi connectivity index (χ2v) is 6.32. The Morgan fingerprint density at radius 1 is 1.25 bits per heavy atom. The van der Waals surface area contributed by atoms with E-state index in [-0.39, 0.29) is 23.6 Å². The van der Waals surface area contributed by atoms with Gasteiger partial charge in [-0.1, -0.05) is 11.6 Å². The smallest absolute Gasteiger partial charge is 0.338 e. The van der Waals surface area contributed by atoms with E-state index >= 15 is 0 Å². The minimum Gasteiger partial charge on any atom is -0.490 e. The van der Waals surface area contributed by atoms with Crippen LogP contribution in [0, 0.1) is 17.0 Å². The molecule has 0 spiro atoms. The lowest BCUT2D eigenvalue weighted by atomic mass is 10.1. The molecule has 0 N–H and O–H groups in total. The summed E-state index contributed by atoms with van der Waals surface area (Å²) >= 11 is 6.13. The molecule has 28 heavy (non-hydrogen) atoms. The quantitative estimate of drug-likeness (QED) is 0.274. The van der Waals surface area contributed by atoms with Gasteiger partial charge < -0.3 is 13.9 Å². The first kappa shape index (κ1) is 19.4. The molecule has 0 atom stereocenters. The molecular weight excluding hydrogens is 390 g/mol. The summed E-state index contributed by atoms with van der Waals surface area (Å²) in [5.41, 5.74) is 0.487. The van der Waals surface area contributed by atoms with Gasteiger partial charge in [-0.05, 0) is 36.8 Å². The van der Waals surface area contributed by atoms with Gasteiger partial charge in [-0.15, -0.1) is 0 Å². The summed E-state index contributed by atoms with van der Waals surface area (Å²) in [6.07, 6.45) is 0. The molecule has 0 fully saturated rings. The normalized spacial score (nSPS) is 10.7. The average Bonchev–Trinajstić information content (AvgIpc) is 2.66. The Hall–Kier alpha value is -3.39. The summed E-state index contributed by atoms with van der Waals surface area (Å²) in [7, 11) is 1.29. The predicted molar refractivity (Wildman–Crippen MR) is 101 cm³/mol. The van der Waals surface area contributed by atoms with Crippen molar-refractivity contribution in [1.29, 1.82) is 0 Å². The van der Waals surface area contributed by atoms with Crippen LogP contribution in [0.1, 0.15) is 21.5 Å². The first-order valence-electron chi connectivity index (χ1n) is 8.02. The third-order valence-corrected chi connectivity index (χ3v) is 4.49. The van der Waals surface area contributed by atoms with E-state index in [0.717, 1.165) is 11.6 Å². The number of nitro groups is 1. The van der Waals surface area contributed by atoms with E-state index in [1.54, 1.807) is 19.1 Å². The van der Waals surface area contributed by atoms with Crippen LogP contribution in [0.15, 0.2) is 45.6 Å². The van der Waals surface area contributed by atoms with Crippen LogP contribution >= 0.6 is 11.6 Å². The highest BCUT2D eigenvalue weighted by Crippen LogP contribution is 2.28. The lowest BCUT2D eigenvalue weighted by molar-refractivity contribution is -0.385. The predicted octanol–water partition coefficient (Wildman–Crippen LogP) is 4.03. The first-order chi connectivity index (χ1) is 13.3. The molecule has 0 aliphatic heterocycles. The molecule has 0 aliphatic carbocycles. The fourth-order valence-electron chi connectivity index (χ4n) is 2.65. The van der Waals surface area contributed by atoms with Crippen LogP contribution in [0.4, 0.5) is 5.69 Å². The minimum absolute atomic E-state index is 0.0198. The van der Waals surface area contributed by atoms with Crippen LogP contribution in [0.3, 0.4) is 0 Å². The van der Waals surface area contributed by atoms with Crippen molar-refractivity contribution < 1.29 is 23.6 Å². The Balaban J connectivity index is 1.89. The summed E-state index contributed by atoms with van der Waals surface area (Å²) < 4.78 is 15.3. The standard InChI is InChI=1S/C19H14ClNO7/c1-10-5-17-13(8-14(10)20)12(7-18(22)28-17)9-27-19(23)11-3-4-16(26-2)15(6-11)21(24)25/h3-8H,9H2,1-2H3. The van der Waals surface area contributed by atoms with Gasteiger partial charge in [0.15, 0.2) is 5.75 Å². The van der Waals surface area contributed by atoms with Crippen molar-refractivity contribution in [3.05, 3.63) is 78.6 Å². The summed E-state index contributed by atoms with van der Waals surface area (Å²) in [5, 5.41) is 12.1. The van der Waals surface area contributed by atoms with Crippen molar-refractivity contribution in [2.75, 3.05) is 7.11 Å². The van der Waals surface area contributed by atoms with Gasteiger partial charge in [0, 0.05) is 28.1 Å². The van der Waals surface area contributed by atoms with E-state index in [9.17, 15) is 19.7 Å². The number of carbonyl (C=O) groups excluding carboxylic acids is 1. The zero-order valence-electron chi connectivity index (χ0n) is 14.9. The average molecular weight is 404 g/mol. The van der Waals surface area contributed by atoms with Crippen LogP contribution in [-0.4, -0.2) is 18.0 Å². The van der Waals surface area contributed by atoms with Gasteiger partial charge in [0.25, 0.3) is 0 Å². The van der Waals surface area contributed by atoms with E-state index < -0.39 is 16.5 Å². The molecule has 144 valence electrons. The third-order valence-electron chi connectivity index (χ3n) is 4.08. The molecule has 1 heterocycles. The van der Waals surface area contributed by atoms with Gasteiger partial charge in [0.2, 0.25) is 0 Å². The molecule has 0 saturated heterocycles. The largest absolute Gasteiger partial charge is 0.490 e. The van der Waals surface area contributed by atoms with E-state index in [2.05, 4.69) is 0 Å². The number of halogens is 1. The maximum absolute atomic E-state index is 12.3. The molecule has 1 aromatic heterocycles. The Bertz CT molecular complexity index is 1150. The van der Waals surface area contributed by atoms with Crippen LogP contribution in [-0.2, 0) is 11.3 Å². The Morgan fingerprint density at radius 3 is 2.68 bits per heavy atom. The monoisotopic (exact) mass is 403 g/mol. The second-order valence-electron chi connectivity index (χ2n) is 5.91. The summed E-state index contributed by atoms with van der Waals surface area (Å²) in [6, 6.07) is 8.18. The van der Waals surface area contributed by atoms with Crippen molar-refractivity contribution in [2.45, 2.75) is 13.5 Å². The number of ether oxygens (including phenoxy) is 2. The van der Waals surface area contributed by atoms with E-state index in [4.69, 9.17) is 25.5 Å². The molecule has 0 unspecified atom stereocenters. The van der Waals surface area contributed by atoms with Crippen LogP contribution in [0.25, 0.3) is 11.0 Å². The molecule has 0 aliphatic rings. The molecular formula is C19H14ClNO7. The van der Waals surface area contributed by atoms with E-state index in [0.29, 0.717) is 21.6 Å². The fraction of sp³-hybridized carbons (Fsp3) is 0.158. The Labute approximate surface area is 163 Å². The molecule has 8 nitrogen and oxygen atoms in total. The molecule has 3 rings (SSSR count). The summed E-state index contributed by atoms with van der Waals surface area (Å²) in [5.74, 6) is -0.761. The third kappa shape index (κ3) is 3.81. The van der Waals surface area contributed by atoms with Crippen molar-refractivity contribution in [3.63, 3.8) is 0 Å². The zero-order valence-corrected chi connectivity index (χ0v) is 15.6. The van der Waals surface area contributed by atoms with Crippen LogP contribution in [0.5, 0.6) is 5.75 Å². The van der Waals surface area contributed by atoms with Gasteiger partial charge in [0.1, 0.15) is 12.2 Å². The lowest BCUT2D eigenvalue weighted by Gasteiger charge is -2.09. The molecule has 3 aromatic rings. The number of nitrogens with zero attached hydrogens (tertiary/aromatic N) is 1. The lowest BCUT2D eigenvalue weighted by Crippen LogP contribution is -2.08. The number of hydrogen-bond donors (Lipinski definition) is 0. The van der Waals surface area contributed by atoms with Crippen molar-refractivity contribution in [1.82, 2.24) is 0 Å². The van der Waals surface area contributed by atoms with E-state index in [1.165, 1.54) is 25.3 Å². The highest BCUT2D eigenvalue weighted by atomic mass is 35.5. The second kappa shape index (κ2) is 7.69. The number of benzene rings is 2. The molecule has 0 radical (unpaired) electrons. The molecule has 9 heteroatoms. The minimum atomic E-state index is -0.787. The first-order valence-corrected chi connectivity index (χ1v) is 8.40. The number of rotatable bonds is 5. The fourth-order valence-corrected chi connectivity index (χ4v) is 2.82. The number of methoxy groups -OCH3 is 1. The topological polar surface area (TPSA) is 109 Å². The van der Waals surface area contributed by atoms with Crippen LogP contribution in [0.2, 0.25) is 5.02 Å². The Morgan fingerprint density at radius 2 is 2.00 bits per heavy atom. The van der Waals surface area contributed by atoms with Crippen molar-refractivity contribution >= 4 is 34.2 Å². The molecule has 2 aromatic carbocycles. The Kier molecular flexibility index (Phi) is 5.32. The molecule has 0 bridgehead atoms. The summed E-state index contributed by atoms with van der Waals surface area (Å²) in [6.45, 7) is 1.53. The number of hydrogen-bond acceptors (Lipinski definition) is 7. The van der Waals surface area contributed by atoms with Gasteiger partial charge >= 0.3 is 17.3 Å². The van der Waals surface area contributed by atoms with E-state index in [1.807, 2.05) is 0 Å². The van der Waals surface area contributed by atoms with Gasteiger partial charge in [0.05, 0.1) is 17.6 Å². The number of nitro benzene ring substituents is 1. The van der Waals surface area contributed by atoms with Crippen molar-refractivity contribution in [2.24, 2.45) is 0 Å². The molecule has 0 saturated carbocycles. The zero-order chi connectivity index (χ0) is 20.4. The molecule has 0 amide bonds. The van der Waals surface area contributed by atoms with Gasteiger partial charge in [-0.2, -0.15) is 0 Å². The highest BCUT2D eigenvalue weighted by Gasteiger charge is 2.19.